The van der Waals surface area contributed by atoms with Gasteiger partial charge in [-0.15, -0.1) is 0 Å². The highest BCUT2D eigenvalue weighted by molar-refractivity contribution is 6.06. The number of carbonyl (C=O) groups excluding carboxylic acids is 1. The van der Waals surface area contributed by atoms with Gasteiger partial charge in [0.15, 0.2) is 11.4 Å². The molecule has 174 valence electrons. The molecule has 0 saturated carbocycles. The predicted molar refractivity (Wildman–Crippen MR) is 127 cm³/mol. The number of ether oxygens (including phenoxy) is 1. The fourth-order valence-electron chi connectivity index (χ4n) is 4.59. The molecule has 9 nitrogen and oxygen atoms in total. The van der Waals surface area contributed by atoms with Gasteiger partial charge < -0.3 is 24.5 Å². The van der Waals surface area contributed by atoms with Crippen molar-refractivity contribution >= 4 is 45.5 Å². The van der Waals surface area contributed by atoms with Gasteiger partial charge in [0.2, 0.25) is 5.91 Å². The van der Waals surface area contributed by atoms with Crippen LogP contribution in [-0.4, -0.2) is 46.6 Å². The van der Waals surface area contributed by atoms with Gasteiger partial charge in [-0.05, 0) is 43.5 Å². The minimum absolute atomic E-state index is 0.165. The van der Waals surface area contributed by atoms with E-state index in [1.807, 2.05) is 24.3 Å². The van der Waals surface area contributed by atoms with Gasteiger partial charge in [-0.1, -0.05) is 18.2 Å². The number of carboxylic acids is 1. The molecule has 3 heterocycles. The van der Waals surface area contributed by atoms with E-state index >= 15 is 0 Å². The Kier molecular flexibility index (Phi) is 5.53. The Hall–Kier alpha value is -4.14. The van der Waals surface area contributed by atoms with Crippen LogP contribution >= 0.6 is 0 Å². The first-order valence-electron chi connectivity index (χ1n) is 11.0. The molecule has 1 saturated heterocycles. The summed E-state index contributed by atoms with van der Waals surface area (Å²) < 4.78 is 11.2. The molecule has 9 heteroatoms. The van der Waals surface area contributed by atoms with E-state index in [9.17, 15) is 14.7 Å². The van der Waals surface area contributed by atoms with E-state index in [-0.39, 0.29) is 18.2 Å². The number of fused-ring (bicyclic) bond motifs is 3. The average molecular weight is 460 g/mol. The molecule has 2 aromatic heterocycles. The van der Waals surface area contributed by atoms with Gasteiger partial charge in [0.05, 0.1) is 7.11 Å². The minimum Gasteiger partial charge on any atom is -0.497 e. The highest BCUT2D eigenvalue weighted by Crippen LogP contribution is 2.37. The largest absolute Gasteiger partial charge is 0.497 e. The molecule has 5 rings (SSSR count). The maximum atomic E-state index is 12.7. The molecule has 0 radical (unpaired) electrons. The van der Waals surface area contributed by atoms with Crippen molar-refractivity contribution in [3.05, 3.63) is 54.4 Å². The third kappa shape index (κ3) is 4.00. The number of carbonyl (C=O) groups is 2. The summed E-state index contributed by atoms with van der Waals surface area (Å²) in [5, 5.41) is 13.7. The summed E-state index contributed by atoms with van der Waals surface area (Å²) in [6, 6.07) is 13.8. The van der Waals surface area contributed by atoms with Crippen LogP contribution in [0.1, 0.15) is 18.7 Å². The lowest BCUT2D eigenvalue weighted by Gasteiger charge is -2.22. The van der Waals surface area contributed by atoms with Crippen LogP contribution in [0.3, 0.4) is 0 Å². The van der Waals surface area contributed by atoms with Gasteiger partial charge in [-0.2, -0.15) is 0 Å². The first kappa shape index (κ1) is 21.7. The zero-order valence-corrected chi connectivity index (χ0v) is 18.8. The fourth-order valence-corrected chi connectivity index (χ4v) is 4.59. The van der Waals surface area contributed by atoms with Crippen molar-refractivity contribution in [1.29, 1.82) is 0 Å². The Morgan fingerprint density at radius 3 is 2.82 bits per heavy atom. The van der Waals surface area contributed by atoms with Crippen LogP contribution in [0, 0.1) is 12.8 Å². The van der Waals surface area contributed by atoms with Crippen molar-refractivity contribution in [2.45, 2.75) is 25.8 Å². The van der Waals surface area contributed by atoms with Gasteiger partial charge in [0.1, 0.15) is 28.7 Å². The third-order valence-electron chi connectivity index (χ3n) is 6.09. The second-order valence-electron chi connectivity index (χ2n) is 8.46. The van der Waals surface area contributed by atoms with Crippen LogP contribution in [0.5, 0.6) is 5.75 Å². The van der Waals surface area contributed by atoms with Crippen LogP contribution in [0.25, 0.3) is 22.1 Å². The second kappa shape index (κ2) is 8.66. The Balaban J connectivity index is 1.42. The quantitative estimate of drug-likeness (QED) is 0.443. The topological polar surface area (TPSA) is 118 Å². The first-order valence-corrected chi connectivity index (χ1v) is 11.0. The normalized spacial score (nSPS) is 17.9. The number of para-hydroxylation sites is 1. The molecule has 2 aromatic carbocycles. The van der Waals surface area contributed by atoms with Crippen molar-refractivity contribution in [2.24, 2.45) is 5.92 Å². The monoisotopic (exact) mass is 460 g/mol. The van der Waals surface area contributed by atoms with E-state index < -0.39 is 12.0 Å². The number of hydrogen-bond donors (Lipinski definition) is 2. The Morgan fingerprint density at radius 1 is 1.21 bits per heavy atom. The van der Waals surface area contributed by atoms with Crippen LogP contribution < -0.4 is 15.0 Å². The molecule has 1 amide bonds. The summed E-state index contributed by atoms with van der Waals surface area (Å²) >= 11 is 0. The minimum atomic E-state index is -0.962. The number of nitrogens with one attached hydrogen (secondary N) is 1. The van der Waals surface area contributed by atoms with E-state index in [4.69, 9.17) is 9.15 Å². The van der Waals surface area contributed by atoms with Gasteiger partial charge in [0, 0.05) is 30.1 Å². The van der Waals surface area contributed by atoms with Gasteiger partial charge in [-0.3, -0.25) is 4.79 Å². The maximum Gasteiger partial charge on any atom is 0.326 e. The number of furan rings is 1. The van der Waals surface area contributed by atoms with Crippen molar-refractivity contribution in [2.75, 3.05) is 23.9 Å². The summed E-state index contributed by atoms with van der Waals surface area (Å²) in [5.41, 5.74) is 2.41. The maximum absolute atomic E-state index is 12.7. The number of benzene rings is 2. The molecule has 1 aliphatic heterocycles. The van der Waals surface area contributed by atoms with E-state index in [1.165, 1.54) is 0 Å². The highest BCUT2D eigenvalue weighted by Gasteiger charge is 2.40. The summed E-state index contributed by atoms with van der Waals surface area (Å²) in [6.45, 7) is 2.14. The Labute approximate surface area is 195 Å². The lowest BCUT2D eigenvalue weighted by atomic mass is 10.0. The SMILES string of the molecule is COc1cccc(NC(=O)C[C@H]2C[C@@H](C(=O)O)N(c3nc(C)nc4c3oc3ccccc34)C2)c1. The zero-order chi connectivity index (χ0) is 23.8. The molecule has 4 aromatic rings. The Morgan fingerprint density at radius 2 is 2.03 bits per heavy atom. The predicted octanol–water partition coefficient (Wildman–Crippen LogP) is 4.00. The van der Waals surface area contributed by atoms with Crippen LogP contribution in [0.15, 0.2) is 52.9 Å². The van der Waals surface area contributed by atoms with Crippen LogP contribution in [-0.2, 0) is 9.59 Å². The number of anilines is 2. The van der Waals surface area contributed by atoms with Crippen molar-refractivity contribution in [3.8, 4) is 5.75 Å². The molecule has 0 aliphatic carbocycles. The number of rotatable bonds is 6. The summed E-state index contributed by atoms with van der Waals surface area (Å²) in [6.07, 6.45) is 0.510. The van der Waals surface area contributed by atoms with E-state index in [1.54, 1.807) is 43.2 Å². The van der Waals surface area contributed by atoms with Crippen molar-refractivity contribution in [3.63, 3.8) is 0 Å². The number of methoxy groups -OCH3 is 1. The summed E-state index contributed by atoms with van der Waals surface area (Å²) in [7, 11) is 1.56. The van der Waals surface area contributed by atoms with Gasteiger partial charge in [0.25, 0.3) is 0 Å². The smallest absolute Gasteiger partial charge is 0.326 e. The Bertz CT molecular complexity index is 1400. The zero-order valence-electron chi connectivity index (χ0n) is 18.8. The average Bonchev–Trinajstić information content (AvgIpc) is 3.40. The molecule has 2 atom stereocenters. The lowest BCUT2D eigenvalue weighted by Crippen LogP contribution is -2.36. The van der Waals surface area contributed by atoms with Crippen molar-refractivity contribution < 1.29 is 23.8 Å². The number of hydrogen-bond acceptors (Lipinski definition) is 7. The third-order valence-corrected chi connectivity index (χ3v) is 6.09. The molecular formula is C25H24N4O5. The van der Waals surface area contributed by atoms with Gasteiger partial charge >= 0.3 is 5.97 Å². The van der Waals surface area contributed by atoms with E-state index in [0.29, 0.717) is 52.7 Å². The summed E-state index contributed by atoms with van der Waals surface area (Å²) in [4.78, 5) is 35.7. The molecule has 1 aliphatic rings. The molecule has 34 heavy (non-hydrogen) atoms. The molecule has 0 bridgehead atoms. The van der Waals surface area contributed by atoms with Crippen LogP contribution in [0.4, 0.5) is 11.5 Å². The fraction of sp³-hybridized carbons (Fsp3) is 0.280. The standard InChI is InChI=1S/C25H24N4O5/c1-14-26-22-18-8-3-4-9-20(18)34-23(22)24(27-14)29-13-15(10-19(29)25(31)32)11-21(30)28-16-6-5-7-17(12-16)33-2/h3-9,12,15,19H,10-11,13H2,1-2H3,(H,28,30)(H,31,32)/t15-,19+/m1/s1. The highest BCUT2D eigenvalue weighted by atomic mass is 16.5. The number of aryl methyl sites for hydroxylation is 1. The number of carboxylic acid groups (broad SMARTS) is 1. The molecule has 2 N–H and O–H groups in total. The molecule has 0 unspecified atom stereocenters. The van der Waals surface area contributed by atoms with E-state index in [2.05, 4.69) is 15.3 Å². The molecule has 0 spiro atoms. The van der Waals surface area contributed by atoms with E-state index in [0.717, 1.165) is 5.39 Å². The second-order valence-corrected chi connectivity index (χ2v) is 8.46. The van der Waals surface area contributed by atoms with Crippen LogP contribution in [0.2, 0.25) is 0 Å². The molecular weight excluding hydrogens is 436 g/mol. The number of nitrogens with zero attached hydrogens (tertiary/aromatic N) is 3. The number of aromatic nitrogens is 2. The number of amides is 1. The van der Waals surface area contributed by atoms with Crippen molar-refractivity contribution in [1.82, 2.24) is 9.97 Å². The number of aliphatic carboxylic acids is 1. The molecule has 1 fully saturated rings. The summed E-state index contributed by atoms with van der Waals surface area (Å²) in [5.74, 6) is 0.304. The van der Waals surface area contributed by atoms with Gasteiger partial charge in [-0.25, -0.2) is 14.8 Å². The lowest BCUT2D eigenvalue weighted by molar-refractivity contribution is -0.138. The first-order chi connectivity index (χ1) is 16.4.